The maximum absolute atomic E-state index is 12.3. The van der Waals surface area contributed by atoms with Gasteiger partial charge in [-0.05, 0) is 42.2 Å². The molecule has 1 amide bonds. The molecular formula is C16H12Cl3NO. The van der Waals surface area contributed by atoms with Crippen LogP contribution in [-0.2, 0) is 4.79 Å². The summed E-state index contributed by atoms with van der Waals surface area (Å²) in [5.41, 5.74) is 1.61. The van der Waals surface area contributed by atoms with Gasteiger partial charge < -0.3 is 5.32 Å². The lowest BCUT2D eigenvalue weighted by Crippen LogP contribution is -2.14. The third-order valence-electron chi connectivity index (χ3n) is 3.62. The zero-order valence-corrected chi connectivity index (χ0v) is 13.2. The summed E-state index contributed by atoms with van der Waals surface area (Å²) in [5, 5.41) is 4.53. The average Bonchev–Trinajstić information content (AvgIpc) is 3.23. The van der Waals surface area contributed by atoms with Gasteiger partial charge in [-0.1, -0.05) is 53.0 Å². The number of anilines is 1. The summed E-state index contributed by atoms with van der Waals surface area (Å²) in [6.07, 6.45) is 0.806. The zero-order chi connectivity index (χ0) is 15.0. The van der Waals surface area contributed by atoms with Gasteiger partial charge in [0.2, 0.25) is 5.91 Å². The van der Waals surface area contributed by atoms with Gasteiger partial charge in [0.15, 0.2) is 0 Å². The van der Waals surface area contributed by atoms with Gasteiger partial charge in [-0.2, -0.15) is 0 Å². The van der Waals surface area contributed by atoms with Crippen LogP contribution in [0.25, 0.3) is 0 Å². The van der Waals surface area contributed by atoms with Crippen LogP contribution in [0.3, 0.4) is 0 Å². The molecule has 21 heavy (non-hydrogen) atoms. The Kier molecular flexibility index (Phi) is 4.12. The Labute approximate surface area is 138 Å². The number of amides is 1. The van der Waals surface area contributed by atoms with E-state index in [9.17, 15) is 4.79 Å². The summed E-state index contributed by atoms with van der Waals surface area (Å²) in [6, 6.07) is 12.6. The maximum atomic E-state index is 12.3. The van der Waals surface area contributed by atoms with Crippen LogP contribution in [0.4, 0.5) is 5.69 Å². The van der Waals surface area contributed by atoms with Crippen molar-refractivity contribution in [3.8, 4) is 0 Å². The van der Waals surface area contributed by atoms with E-state index in [1.54, 1.807) is 18.2 Å². The summed E-state index contributed by atoms with van der Waals surface area (Å²) in [4.78, 5) is 12.3. The summed E-state index contributed by atoms with van der Waals surface area (Å²) < 4.78 is 0. The van der Waals surface area contributed by atoms with E-state index in [1.165, 1.54) is 0 Å². The van der Waals surface area contributed by atoms with Crippen molar-refractivity contribution in [3.05, 3.63) is 63.1 Å². The Morgan fingerprint density at radius 3 is 2.52 bits per heavy atom. The Hall–Kier alpha value is -1.22. The second-order valence-electron chi connectivity index (χ2n) is 5.08. The lowest BCUT2D eigenvalue weighted by atomic mass is 10.1. The van der Waals surface area contributed by atoms with Crippen molar-refractivity contribution in [2.75, 3.05) is 5.32 Å². The molecule has 0 aromatic heterocycles. The monoisotopic (exact) mass is 339 g/mol. The minimum atomic E-state index is -0.0587. The van der Waals surface area contributed by atoms with Crippen LogP contribution in [0.2, 0.25) is 15.1 Å². The average molecular weight is 341 g/mol. The minimum absolute atomic E-state index is 0.0378. The fraction of sp³-hybridized carbons (Fsp3) is 0.188. The molecule has 0 bridgehead atoms. The Morgan fingerprint density at radius 1 is 1.05 bits per heavy atom. The van der Waals surface area contributed by atoms with Gasteiger partial charge in [0, 0.05) is 16.0 Å². The third kappa shape index (κ3) is 3.18. The highest BCUT2D eigenvalue weighted by molar-refractivity contribution is 6.36. The molecule has 0 saturated heterocycles. The van der Waals surface area contributed by atoms with E-state index >= 15 is 0 Å². The number of hydrogen-bond donors (Lipinski definition) is 1. The molecule has 2 aromatic carbocycles. The molecule has 5 heteroatoms. The summed E-state index contributed by atoms with van der Waals surface area (Å²) >= 11 is 18.1. The van der Waals surface area contributed by atoms with E-state index in [-0.39, 0.29) is 17.7 Å². The van der Waals surface area contributed by atoms with E-state index in [2.05, 4.69) is 5.32 Å². The van der Waals surface area contributed by atoms with Gasteiger partial charge in [0.25, 0.3) is 0 Å². The van der Waals surface area contributed by atoms with E-state index in [4.69, 9.17) is 34.8 Å². The Bertz CT molecular complexity index is 702. The molecule has 0 spiro atoms. The van der Waals surface area contributed by atoms with Crippen LogP contribution in [-0.4, -0.2) is 5.91 Å². The fourth-order valence-corrected chi connectivity index (χ4v) is 3.15. The second-order valence-corrected chi connectivity index (χ2v) is 6.33. The predicted octanol–water partition coefficient (Wildman–Crippen LogP) is 5.39. The van der Waals surface area contributed by atoms with Crippen molar-refractivity contribution in [1.29, 1.82) is 0 Å². The molecule has 2 atom stereocenters. The first-order chi connectivity index (χ1) is 10.1. The molecule has 1 N–H and O–H groups in total. The van der Waals surface area contributed by atoms with E-state index in [1.807, 2.05) is 24.3 Å². The summed E-state index contributed by atoms with van der Waals surface area (Å²) in [5.74, 6) is 0.0885. The molecule has 1 aliphatic rings. The lowest BCUT2D eigenvalue weighted by Gasteiger charge is -2.08. The molecule has 1 saturated carbocycles. The van der Waals surface area contributed by atoms with Crippen molar-refractivity contribution in [3.63, 3.8) is 0 Å². The highest BCUT2D eigenvalue weighted by atomic mass is 35.5. The number of hydrogen-bond acceptors (Lipinski definition) is 1. The molecule has 3 rings (SSSR count). The van der Waals surface area contributed by atoms with Crippen LogP contribution < -0.4 is 5.32 Å². The molecule has 1 aliphatic carbocycles. The van der Waals surface area contributed by atoms with Crippen LogP contribution in [0.1, 0.15) is 17.9 Å². The van der Waals surface area contributed by atoms with Gasteiger partial charge in [-0.3, -0.25) is 4.79 Å². The van der Waals surface area contributed by atoms with Crippen molar-refractivity contribution in [1.82, 2.24) is 0 Å². The molecule has 1 fully saturated rings. The molecule has 2 unspecified atom stereocenters. The second kappa shape index (κ2) is 5.88. The first-order valence-electron chi connectivity index (χ1n) is 6.56. The van der Waals surface area contributed by atoms with Crippen LogP contribution in [0, 0.1) is 5.92 Å². The first kappa shape index (κ1) is 14.7. The smallest absolute Gasteiger partial charge is 0.228 e. The van der Waals surface area contributed by atoms with Crippen molar-refractivity contribution in [2.45, 2.75) is 12.3 Å². The topological polar surface area (TPSA) is 29.1 Å². The minimum Gasteiger partial charge on any atom is -0.325 e. The highest BCUT2D eigenvalue weighted by Crippen LogP contribution is 2.50. The van der Waals surface area contributed by atoms with E-state index < -0.39 is 0 Å². The van der Waals surface area contributed by atoms with Gasteiger partial charge in [-0.25, -0.2) is 0 Å². The summed E-state index contributed by atoms with van der Waals surface area (Å²) in [6.45, 7) is 0. The first-order valence-corrected chi connectivity index (χ1v) is 7.70. The van der Waals surface area contributed by atoms with Crippen LogP contribution in [0.15, 0.2) is 42.5 Å². The highest BCUT2D eigenvalue weighted by Gasteiger charge is 2.44. The van der Waals surface area contributed by atoms with Gasteiger partial charge >= 0.3 is 0 Å². The number of nitrogens with one attached hydrogen (secondary N) is 1. The molecule has 108 valence electrons. The molecule has 0 radical (unpaired) electrons. The molecule has 2 aromatic rings. The number of benzene rings is 2. The number of carbonyl (C=O) groups is 1. The third-order valence-corrected chi connectivity index (χ3v) is 4.51. The van der Waals surface area contributed by atoms with Gasteiger partial charge in [0.1, 0.15) is 0 Å². The molecule has 0 heterocycles. The molecule has 2 nitrogen and oxygen atoms in total. The SMILES string of the molecule is O=C(Nc1ccc(Cl)cc1Cl)C1CC1c1ccccc1Cl. The van der Waals surface area contributed by atoms with Crippen molar-refractivity contribution < 1.29 is 4.79 Å². The molecule has 0 aliphatic heterocycles. The standard InChI is InChI=1S/C16H12Cl3NO/c17-9-5-6-15(14(19)7-9)20-16(21)12-8-11(12)10-3-1-2-4-13(10)18/h1-7,11-12H,8H2,(H,20,21). The Morgan fingerprint density at radius 2 is 1.81 bits per heavy atom. The number of carbonyl (C=O) groups excluding carboxylic acids is 1. The normalized spacial score (nSPS) is 20.1. The van der Waals surface area contributed by atoms with Crippen LogP contribution >= 0.6 is 34.8 Å². The van der Waals surface area contributed by atoms with Gasteiger partial charge in [0.05, 0.1) is 10.7 Å². The van der Waals surface area contributed by atoms with E-state index in [0.717, 1.165) is 12.0 Å². The molecular weight excluding hydrogens is 329 g/mol. The predicted molar refractivity (Wildman–Crippen MR) is 87.4 cm³/mol. The van der Waals surface area contributed by atoms with E-state index in [0.29, 0.717) is 20.8 Å². The van der Waals surface area contributed by atoms with Gasteiger partial charge in [-0.15, -0.1) is 0 Å². The largest absolute Gasteiger partial charge is 0.325 e. The lowest BCUT2D eigenvalue weighted by molar-refractivity contribution is -0.117. The van der Waals surface area contributed by atoms with Crippen molar-refractivity contribution >= 4 is 46.4 Å². The fourth-order valence-electron chi connectivity index (χ4n) is 2.42. The quantitative estimate of drug-likeness (QED) is 0.797. The Balaban J connectivity index is 1.70. The summed E-state index contributed by atoms with van der Waals surface area (Å²) in [7, 11) is 0. The number of rotatable bonds is 3. The van der Waals surface area contributed by atoms with Crippen LogP contribution in [0.5, 0.6) is 0 Å². The zero-order valence-electron chi connectivity index (χ0n) is 10.9. The van der Waals surface area contributed by atoms with Crippen molar-refractivity contribution in [2.24, 2.45) is 5.92 Å². The number of halogens is 3. The maximum Gasteiger partial charge on any atom is 0.228 e.